The maximum absolute atomic E-state index is 11.6. The molecule has 0 rings (SSSR count). The number of nitrogens with one attached hydrogen (secondary N) is 2. The number of hydrogen-bond acceptors (Lipinski definition) is 4. The van der Waals surface area contributed by atoms with Gasteiger partial charge in [0, 0.05) is 0 Å². The molecule has 0 aliphatic carbocycles. The summed E-state index contributed by atoms with van der Waals surface area (Å²) in [5, 5.41) is 13.6. The Kier molecular flexibility index (Phi) is 7.55. The first-order valence-corrected chi connectivity index (χ1v) is 6.24. The minimum absolute atomic E-state index is 0.129. The van der Waals surface area contributed by atoms with Gasteiger partial charge in [0.25, 0.3) is 0 Å². The van der Waals surface area contributed by atoms with E-state index in [1.54, 1.807) is 6.92 Å². The van der Waals surface area contributed by atoms with Gasteiger partial charge < -0.3 is 20.5 Å². The summed E-state index contributed by atoms with van der Waals surface area (Å²) in [5.74, 6) is -1.54. The van der Waals surface area contributed by atoms with E-state index in [4.69, 9.17) is 9.84 Å². The van der Waals surface area contributed by atoms with Crippen molar-refractivity contribution in [3.05, 3.63) is 0 Å². The SMILES string of the molecule is CCOC(=O)C(C)NC(=O)N[C@@H](CC(C)C)C(=O)O. The Morgan fingerprint density at radius 2 is 1.74 bits per heavy atom. The summed E-state index contributed by atoms with van der Waals surface area (Å²) in [7, 11) is 0. The van der Waals surface area contributed by atoms with E-state index in [9.17, 15) is 14.4 Å². The number of esters is 1. The van der Waals surface area contributed by atoms with E-state index in [1.807, 2.05) is 13.8 Å². The van der Waals surface area contributed by atoms with Crippen LogP contribution in [0, 0.1) is 5.92 Å². The molecular weight excluding hydrogens is 252 g/mol. The van der Waals surface area contributed by atoms with Gasteiger partial charge in [-0.3, -0.25) is 0 Å². The molecule has 0 aromatic carbocycles. The molecule has 0 fully saturated rings. The lowest BCUT2D eigenvalue weighted by atomic mass is 10.0. The highest BCUT2D eigenvalue weighted by atomic mass is 16.5. The second kappa shape index (κ2) is 8.34. The van der Waals surface area contributed by atoms with Crippen LogP contribution in [-0.4, -0.2) is 41.8 Å². The van der Waals surface area contributed by atoms with Crippen LogP contribution < -0.4 is 10.6 Å². The summed E-state index contributed by atoms with van der Waals surface area (Å²) in [5.41, 5.74) is 0. The van der Waals surface area contributed by atoms with Crippen molar-refractivity contribution in [1.29, 1.82) is 0 Å². The lowest BCUT2D eigenvalue weighted by molar-refractivity contribution is -0.144. The Bertz CT molecular complexity index is 330. The molecule has 3 N–H and O–H groups in total. The molecule has 2 atom stereocenters. The summed E-state index contributed by atoms with van der Waals surface area (Å²) in [6.07, 6.45) is 0.316. The first kappa shape index (κ1) is 17.2. The largest absolute Gasteiger partial charge is 0.480 e. The van der Waals surface area contributed by atoms with Crippen LogP contribution in [0.25, 0.3) is 0 Å². The van der Waals surface area contributed by atoms with Gasteiger partial charge in [-0.2, -0.15) is 0 Å². The highest BCUT2D eigenvalue weighted by molar-refractivity contribution is 5.86. The number of amides is 2. The standard InChI is InChI=1S/C12H22N2O5/c1-5-19-11(17)8(4)13-12(18)14-9(10(15)16)6-7(2)3/h7-9H,5-6H2,1-4H3,(H,15,16)(H2,13,14,18)/t8?,9-/m0/s1. The molecule has 0 radical (unpaired) electrons. The highest BCUT2D eigenvalue weighted by Gasteiger charge is 2.23. The normalized spacial score (nSPS) is 13.5. The molecule has 0 aromatic heterocycles. The molecule has 0 heterocycles. The van der Waals surface area contributed by atoms with E-state index in [1.165, 1.54) is 6.92 Å². The van der Waals surface area contributed by atoms with Crippen LogP contribution in [0.5, 0.6) is 0 Å². The molecular formula is C12H22N2O5. The molecule has 0 aliphatic rings. The quantitative estimate of drug-likeness (QED) is 0.594. The summed E-state index contributed by atoms with van der Waals surface area (Å²) >= 11 is 0. The van der Waals surface area contributed by atoms with Gasteiger partial charge >= 0.3 is 18.0 Å². The van der Waals surface area contributed by atoms with Crippen LogP contribution in [-0.2, 0) is 14.3 Å². The molecule has 0 aromatic rings. The Morgan fingerprint density at radius 3 is 2.16 bits per heavy atom. The molecule has 2 amide bonds. The second-order valence-electron chi connectivity index (χ2n) is 4.61. The lowest BCUT2D eigenvalue weighted by Crippen LogP contribution is -2.50. The minimum atomic E-state index is -1.10. The zero-order valence-corrected chi connectivity index (χ0v) is 11.7. The van der Waals surface area contributed by atoms with E-state index in [-0.39, 0.29) is 12.5 Å². The molecule has 0 saturated carbocycles. The first-order valence-electron chi connectivity index (χ1n) is 6.24. The van der Waals surface area contributed by atoms with Crippen molar-refractivity contribution in [2.45, 2.75) is 46.2 Å². The van der Waals surface area contributed by atoms with Gasteiger partial charge in [0.1, 0.15) is 12.1 Å². The maximum atomic E-state index is 11.6. The third kappa shape index (κ3) is 7.28. The molecule has 1 unspecified atom stereocenters. The molecule has 0 spiro atoms. The average molecular weight is 274 g/mol. The average Bonchev–Trinajstić information content (AvgIpc) is 2.27. The van der Waals surface area contributed by atoms with Gasteiger partial charge in [0.05, 0.1) is 6.61 Å². The van der Waals surface area contributed by atoms with Gasteiger partial charge in [-0.15, -0.1) is 0 Å². The van der Waals surface area contributed by atoms with Crippen molar-refractivity contribution in [1.82, 2.24) is 10.6 Å². The summed E-state index contributed by atoms with van der Waals surface area (Å²) in [6.45, 7) is 7.06. The molecule has 7 nitrogen and oxygen atoms in total. The fraction of sp³-hybridized carbons (Fsp3) is 0.750. The van der Waals surface area contributed by atoms with Gasteiger partial charge in [-0.1, -0.05) is 13.8 Å². The Hall–Kier alpha value is -1.79. The van der Waals surface area contributed by atoms with Crippen molar-refractivity contribution < 1.29 is 24.2 Å². The van der Waals surface area contributed by atoms with Crippen molar-refractivity contribution in [3.63, 3.8) is 0 Å². The molecule has 19 heavy (non-hydrogen) atoms. The van der Waals surface area contributed by atoms with Crippen LogP contribution in [0.2, 0.25) is 0 Å². The third-order valence-electron chi connectivity index (χ3n) is 2.30. The number of rotatable bonds is 7. The van der Waals surface area contributed by atoms with Crippen LogP contribution in [0.3, 0.4) is 0 Å². The number of hydrogen-bond donors (Lipinski definition) is 3. The second-order valence-corrected chi connectivity index (χ2v) is 4.61. The third-order valence-corrected chi connectivity index (χ3v) is 2.30. The number of aliphatic carboxylic acids is 1. The molecule has 0 bridgehead atoms. The van der Waals surface area contributed by atoms with Crippen molar-refractivity contribution in [2.24, 2.45) is 5.92 Å². The fourth-order valence-corrected chi connectivity index (χ4v) is 1.42. The Morgan fingerprint density at radius 1 is 1.16 bits per heavy atom. The van der Waals surface area contributed by atoms with Gasteiger partial charge in [0.15, 0.2) is 0 Å². The van der Waals surface area contributed by atoms with E-state index in [0.717, 1.165) is 0 Å². The number of carbonyl (C=O) groups excluding carboxylic acids is 2. The minimum Gasteiger partial charge on any atom is -0.480 e. The van der Waals surface area contributed by atoms with Crippen LogP contribution in [0.1, 0.15) is 34.1 Å². The summed E-state index contributed by atoms with van der Waals surface area (Å²) < 4.78 is 4.72. The number of carboxylic acids is 1. The van der Waals surface area contributed by atoms with Gasteiger partial charge in [-0.05, 0) is 26.2 Å². The summed E-state index contributed by atoms with van der Waals surface area (Å²) in [6, 6.07) is -2.50. The maximum Gasteiger partial charge on any atom is 0.328 e. The van der Waals surface area contributed by atoms with E-state index >= 15 is 0 Å². The van der Waals surface area contributed by atoms with E-state index < -0.39 is 30.1 Å². The topological polar surface area (TPSA) is 105 Å². The Labute approximate surface area is 112 Å². The monoisotopic (exact) mass is 274 g/mol. The Balaban J connectivity index is 4.34. The number of carboxylic acid groups (broad SMARTS) is 1. The summed E-state index contributed by atoms with van der Waals surface area (Å²) in [4.78, 5) is 33.8. The lowest BCUT2D eigenvalue weighted by Gasteiger charge is -2.18. The number of carbonyl (C=O) groups is 3. The highest BCUT2D eigenvalue weighted by Crippen LogP contribution is 2.04. The predicted octanol–water partition coefficient (Wildman–Crippen LogP) is 0.737. The molecule has 0 aliphatic heterocycles. The number of ether oxygens (including phenoxy) is 1. The molecule has 110 valence electrons. The predicted molar refractivity (Wildman–Crippen MR) is 68.6 cm³/mol. The number of urea groups is 1. The zero-order chi connectivity index (χ0) is 15.0. The van der Waals surface area contributed by atoms with Crippen molar-refractivity contribution in [3.8, 4) is 0 Å². The van der Waals surface area contributed by atoms with E-state index in [0.29, 0.717) is 6.42 Å². The molecule has 0 saturated heterocycles. The molecule has 7 heteroatoms. The van der Waals surface area contributed by atoms with E-state index in [2.05, 4.69) is 10.6 Å². The van der Waals surface area contributed by atoms with Crippen LogP contribution in [0.15, 0.2) is 0 Å². The van der Waals surface area contributed by atoms with Crippen LogP contribution >= 0.6 is 0 Å². The van der Waals surface area contributed by atoms with Crippen LogP contribution in [0.4, 0.5) is 4.79 Å². The van der Waals surface area contributed by atoms with Gasteiger partial charge in [0.2, 0.25) is 0 Å². The van der Waals surface area contributed by atoms with Gasteiger partial charge in [-0.25, -0.2) is 14.4 Å². The zero-order valence-electron chi connectivity index (χ0n) is 11.7. The smallest absolute Gasteiger partial charge is 0.328 e. The van der Waals surface area contributed by atoms with Crippen molar-refractivity contribution >= 4 is 18.0 Å². The fourth-order valence-electron chi connectivity index (χ4n) is 1.42. The van der Waals surface area contributed by atoms with Crippen molar-refractivity contribution in [2.75, 3.05) is 6.61 Å². The first-order chi connectivity index (χ1) is 8.77.